The van der Waals surface area contributed by atoms with Crippen LogP contribution in [-0.2, 0) is 50.1 Å². The highest BCUT2D eigenvalue weighted by Gasteiger charge is 2.27. The number of nitrogens with two attached hydrogens (primary N) is 2. The minimum absolute atomic E-state index is 0.0170. The number of hydrogen-bond acceptors (Lipinski definition) is 17. The molecule has 0 radical (unpaired) electrons. The number of unbranched alkanes of at least 4 members (excludes halogenated alkanes) is 1. The van der Waals surface area contributed by atoms with Crippen LogP contribution >= 0.6 is 0 Å². The van der Waals surface area contributed by atoms with E-state index in [-0.39, 0.29) is 98.8 Å². The van der Waals surface area contributed by atoms with Crippen LogP contribution in [0.2, 0.25) is 0 Å². The summed E-state index contributed by atoms with van der Waals surface area (Å²) in [5, 5.41) is 20.2. The van der Waals surface area contributed by atoms with Crippen LogP contribution in [0, 0.1) is 13.8 Å². The van der Waals surface area contributed by atoms with E-state index < -0.39 is 53.2 Å². The van der Waals surface area contributed by atoms with Gasteiger partial charge in [0.1, 0.15) is 58.1 Å². The summed E-state index contributed by atoms with van der Waals surface area (Å²) in [6.45, 7) is 14.0. The number of likely N-dealkylation sites (N-methyl/N-ethyl adjacent to an activating group) is 2. The van der Waals surface area contributed by atoms with Gasteiger partial charge in [0.25, 0.3) is 11.8 Å². The number of alkyl carbamates (subject to hydrolysis) is 1. The van der Waals surface area contributed by atoms with Crippen LogP contribution in [0.25, 0.3) is 22.1 Å². The monoisotopic (exact) mass is 1200 g/mol. The fourth-order valence-electron chi connectivity index (χ4n) is 9.12. The Morgan fingerprint density at radius 1 is 0.747 bits per heavy atom. The number of aryl methyl sites for hydroxylation is 4. The highest BCUT2D eigenvalue weighted by molar-refractivity contribution is 6.05. The second kappa shape index (κ2) is 32.0. The van der Waals surface area contributed by atoms with Crippen LogP contribution in [0.4, 0.5) is 16.7 Å². The molecule has 4 aromatic heterocycles. The summed E-state index contributed by atoms with van der Waals surface area (Å²) in [6.07, 6.45) is 7.55. The quantitative estimate of drug-likeness (QED) is 0.0154. The van der Waals surface area contributed by atoms with E-state index in [2.05, 4.69) is 37.2 Å². The number of anilines is 2. The topological polar surface area (TPSA) is 359 Å². The van der Waals surface area contributed by atoms with Gasteiger partial charge in [-0.2, -0.15) is 10.2 Å². The highest BCUT2D eigenvalue weighted by atomic mass is 16.6. The van der Waals surface area contributed by atoms with Crippen molar-refractivity contribution in [3.05, 3.63) is 94.6 Å². The number of fused-ring (bicyclic) bond motifs is 2. The second-order valence-corrected chi connectivity index (χ2v) is 20.9. The Labute approximate surface area is 504 Å². The number of nitrogens with zero attached hydrogens (tertiary/aromatic N) is 10. The lowest BCUT2D eigenvalue weighted by Gasteiger charge is -2.25. The number of amides is 7. The van der Waals surface area contributed by atoms with Crippen molar-refractivity contribution in [1.29, 1.82) is 0 Å². The summed E-state index contributed by atoms with van der Waals surface area (Å²) in [5.41, 5.74) is 13.2. The van der Waals surface area contributed by atoms with Crippen LogP contribution in [-0.4, -0.2) is 169 Å². The maximum Gasteiger partial charge on any atom is 0.407 e. The van der Waals surface area contributed by atoms with Crippen molar-refractivity contribution < 1.29 is 57.4 Å². The van der Waals surface area contributed by atoms with Crippen molar-refractivity contribution in [1.82, 2.24) is 59.1 Å². The number of ether oxygens (including phenoxy) is 3. The molecule has 0 saturated heterocycles. The Hall–Kier alpha value is -9.73. The van der Waals surface area contributed by atoms with Crippen LogP contribution in [0.15, 0.2) is 60.7 Å². The first-order chi connectivity index (χ1) is 41.5. The lowest BCUT2D eigenvalue weighted by atomic mass is 10.1. The third-order valence-electron chi connectivity index (χ3n) is 13.2. The fraction of sp³-hybridized carbons (Fsp3) is 0.441. The maximum atomic E-state index is 14.1. The van der Waals surface area contributed by atoms with E-state index >= 15 is 0 Å². The van der Waals surface area contributed by atoms with Gasteiger partial charge in [0.2, 0.25) is 35.5 Å². The molecule has 0 bridgehead atoms. The van der Waals surface area contributed by atoms with Gasteiger partial charge in [0, 0.05) is 83.5 Å². The largest absolute Gasteiger partial charge is 0.494 e. The standard InChI is InChI=1S/C58H75N15O12.CH5N/c1-11-72-43(29-36(3)66-72)52(79)64-55-62-41-31-38(35-75)32-46(84-28-18-23-69(9)54(81)40(19-13-14-22-60-57(82)85-58(5,6)7)61-47(76)21-26-68(8)48(77)20-17-27-74)50(41)71(55)25-16-15-24-70-49-42(33-39(51(59)78)34-45(49)83-10)63-56(70)65-53(80)44-30-37(4)67-73(44)12-2;1-2/h15-17,20,27,29-35,40H,11-14,18-19,21-26,28H2,1-10H3,(H2,59,78)(H,60,82)(H,61,76)(H,62,64,79)(H,63,65,80);2H2,1H3/b16-15+,20-17-;. The average Bonchev–Trinajstić information content (AvgIpc) is 3.54. The summed E-state index contributed by atoms with van der Waals surface area (Å²) in [4.78, 5) is 128. The number of carbonyl (C=O) groups excluding carboxylic acids is 9. The van der Waals surface area contributed by atoms with Crippen LogP contribution in [0.3, 0.4) is 0 Å². The summed E-state index contributed by atoms with van der Waals surface area (Å²) in [7, 11) is 6.00. The van der Waals surface area contributed by atoms with Crippen molar-refractivity contribution in [2.24, 2.45) is 11.5 Å². The number of allylic oxidation sites excluding steroid dienone is 3. The fourth-order valence-corrected chi connectivity index (χ4v) is 9.12. The molecule has 8 N–H and O–H groups in total. The van der Waals surface area contributed by atoms with Gasteiger partial charge in [-0.15, -0.1) is 0 Å². The van der Waals surface area contributed by atoms with Crippen molar-refractivity contribution >= 4 is 88.1 Å². The predicted octanol–water partition coefficient (Wildman–Crippen LogP) is 4.70. The van der Waals surface area contributed by atoms with Crippen molar-refractivity contribution in [3.8, 4) is 11.5 Å². The van der Waals surface area contributed by atoms with Gasteiger partial charge < -0.3 is 55.2 Å². The van der Waals surface area contributed by atoms with E-state index in [1.54, 1.807) is 96.6 Å². The molecule has 0 fully saturated rings. The summed E-state index contributed by atoms with van der Waals surface area (Å²) in [5.74, 6) is -2.30. The van der Waals surface area contributed by atoms with Crippen molar-refractivity contribution in [2.75, 3.05) is 65.1 Å². The number of methoxy groups -OCH3 is 1. The molecule has 0 aliphatic carbocycles. The highest BCUT2D eigenvalue weighted by Crippen LogP contribution is 2.33. The first-order valence-corrected chi connectivity index (χ1v) is 28.3. The lowest BCUT2D eigenvalue weighted by molar-refractivity contribution is -0.136. The summed E-state index contributed by atoms with van der Waals surface area (Å²) >= 11 is 0. The van der Waals surface area contributed by atoms with Crippen molar-refractivity contribution in [2.45, 2.75) is 118 Å². The van der Waals surface area contributed by atoms with Gasteiger partial charge in [0.05, 0.1) is 36.1 Å². The third kappa shape index (κ3) is 18.6. The molecular formula is C59H80N16O12. The zero-order valence-corrected chi connectivity index (χ0v) is 51.2. The summed E-state index contributed by atoms with van der Waals surface area (Å²) in [6, 6.07) is 8.44. The molecule has 2 aromatic carbocycles. The van der Waals surface area contributed by atoms with E-state index in [1.807, 2.05) is 13.8 Å². The number of aldehydes is 2. The number of imidazole rings is 2. The van der Waals surface area contributed by atoms with E-state index in [4.69, 9.17) is 29.9 Å². The number of primary amides is 1. The van der Waals surface area contributed by atoms with Crippen LogP contribution < -0.4 is 42.2 Å². The molecule has 28 heteroatoms. The Balaban J connectivity index is 0.00000683. The molecule has 7 amide bonds. The third-order valence-corrected chi connectivity index (χ3v) is 13.2. The number of rotatable bonds is 30. The van der Waals surface area contributed by atoms with Gasteiger partial charge in [0.15, 0.2) is 0 Å². The smallest absolute Gasteiger partial charge is 0.407 e. The first-order valence-electron chi connectivity index (χ1n) is 28.3. The second-order valence-electron chi connectivity index (χ2n) is 20.9. The zero-order valence-electron chi connectivity index (χ0n) is 51.2. The SMILES string of the molecule is CCn1nc(C)cc1C(=O)Nc1nc2cc(C(N)=O)cc(OC)c2n1C/C=C/Cn1c(NC(=O)c2cc(C)nn2CC)nc2cc(C=O)cc(OCCCN(C)C(=O)C(CCCCNC(=O)OC(C)(C)C)NC(=O)CCN(C)C(=O)/C=C\C=O)c21.CN. The molecule has 468 valence electrons. The van der Waals surface area contributed by atoms with E-state index in [1.165, 1.54) is 43.1 Å². The molecule has 87 heavy (non-hydrogen) atoms. The Bertz CT molecular complexity index is 3510. The Morgan fingerprint density at radius 2 is 1.32 bits per heavy atom. The molecule has 1 unspecified atom stereocenters. The van der Waals surface area contributed by atoms with E-state index in [0.717, 1.165) is 12.2 Å². The molecule has 0 aliphatic rings. The Morgan fingerprint density at radius 3 is 1.85 bits per heavy atom. The van der Waals surface area contributed by atoms with Gasteiger partial charge in [-0.3, -0.25) is 58.4 Å². The molecule has 0 saturated carbocycles. The molecule has 4 heterocycles. The van der Waals surface area contributed by atoms with E-state index in [9.17, 15) is 43.2 Å². The number of carbonyl (C=O) groups is 9. The first kappa shape index (κ1) is 68.1. The molecule has 0 aliphatic heterocycles. The number of benzene rings is 2. The summed E-state index contributed by atoms with van der Waals surface area (Å²) < 4.78 is 24.0. The minimum atomic E-state index is -0.967. The normalized spacial score (nSPS) is 11.7. The number of aromatic nitrogens is 8. The number of nitrogens with one attached hydrogen (secondary N) is 4. The molecule has 28 nitrogen and oxygen atoms in total. The molecule has 0 spiro atoms. The minimum Gasteiger partial charge on any atom is -0.494 e. The molecule has 6 rings (SSSR count). The maximum absolute atomic E-state index is 14.1. The van der Waals surface area contributed by atoms with Gasteiger partial charge in [-0.25, -0.2) is 14.8 Å². The number of hydrogen-bond donors (Lipinski definition) is 6. The molecule has 1 atom stereocenters. The van der Waals surface area contributed by atoms with Crippen LogP contribution in [0.1, 0.15) is 120 Å². The lowest BCUT2D eigenvalue weighted by Crippen LogP contribution is -2.48. The van der Waals surface area contributed by atoms with Crippen LogP contribution in [0.5, 0.6) is 11.5 Å². The predicted molar refractivity (Wildman–Crippen MR) is 326 cm³/mol. The molecule has 6 aromatic rings. The average molecular weight is 1210 g/mol. The molecular weight excluding hydrogens is 1120 g/mol. The van der Waals surface area contributed by atoms with Gasteiger partial charge in [-0.05, 0) is 124 Å². The van der Waals surface area contributed by atoms with Gasteiger partial charge >= 0.3 is 6.09 Å². The van der Waals surface area contributed by atoms with Crippen molar-refractivity contribution in [3.63, 3.8) is 0 Å². The van der Waals surface area contributed by atoms with E-state index in [0.29, 0.717) is 77.7 Å². The van der Waals surface area contributed by atoms with Gasteiger partial charge in [-0.1, -0.05) is 12.2 Å². The Kier molecular flexibility index (Phi) is 25.0. The zero-order chi connectivity index (χ0) is 64.1.